The molecule has 8 heteroatoms. The van der Waals surface area contributed by atoms with Crippen molar-refractivity contribution >= 4 is 17.3 Å². The zero-order valence-corrected chi connectivity index (χ0v) is 19.4. The van der Waals surface area contributed by atoms with Crippen molar-refractivity contribution < 1.29 is 24.7 Å². The number of piperazine rings is 1. The minimum atomic E-state index is -0.899. The first-order valence-corrected chi connectivity index (χ1v) is 12.5. The summed E-state index contributed by atoms with van der Waals surface area (Å²) in [5.41, 5.74) is 1.70. The normalized spacial score (nSPS) is 41.4. The molecule has 8 nitrogen and oxygen atoms in total. The van der Waals surface area contributed by atoms with Crippen molar-refractivity contribution in [2.24, 2.45) is 23.2 Å². The molecule has 6 rings (SSSR count). The number of quaternary nitrogens is 1. The zero-order chi connectivity index (χ0) is 22.8. The van der Waals surface area contributed by atoms with Crippen molar-refractivity contribution in [1.29, 1.82) is 0 Å². The molecule has 0 aromatic heterocycles. The number of ether oxygens (including phenoxy) is 2. The predicted molar refractivity (Wildman–Crippen MR) is 121 cm³/mol. The molecule has 5 fully saturated rings. The first kappa shape index (κ1) is 21.8. The highest BCUT2D eigenvalue weighted by molar-refractivity contribution is 5.75. The summed E-state index contributed by atoms with van der Waals surface area (Å²) in [6, 6.07) is 7.10. The maximum atomic E-state index is 12.9. The highest BCUT2D eigenvalue weighted by atomic mass is 16.8. The summed E-state index contributed by atoms with van der Waals surface area (Å²) >= 11 is 0. The quantitative estimate of drug-likeness (QED) is 0.404. The van der Waals surface area contributed by atoms with E-state index in [9.17, 15) is 10.0 Å². The third-order valence-electron chi connectivity index (χ3n) is 9.39. The highest BCUT2D eigenvalue weighted by Gasteiger charge is 2.65. The Hall–Kier alpha value is -1.71. The summed E-state index contributed by atoms with van der Waals surface area (Å²) in [5.74, 6) is 0.849. The Balaban J connectivity index is 1.09. The number of nitrogens with zero attached hydrogens (tertiary/aromatic N) is 2. The molecule has 7 atom stereocenters. The van der Waals surface area contributed by atoms with Gasteiger partial charge in [-0.2, -0.15) is 5.23 Å². The van der Waals surface area contributed by atoms with Gasteiger partial charge in [-0.15, -0.1) is 0 Å². The Kier molecular flexibility index (Phi) is 5.23. The van der Waals surface area contributed by atoms with E-state index < -0.39 is 5.23 Å². The first-order valence-electron chi connectivity index (χ1n) is 12.5. The van der Waals surface area contributed by atoms with E-state index in [4.69, 9.17) is 14.7 Å². The molecule has 1 aromatic rings. The molecule has 0 bridgehead atoms. The van der Waals surface area contributed by atoms with Crippen LogP contribution in [-0.4, -0.2) is 67.1 Å². The summed E-state index contributed by atoms with van der Waals surface area (Å²) < 4.78 is 12.0. The Morgan fingerprint density at radius 1 is 1.18 bits per heavy atom. The van der Waals surface area contributed by atoms with Crippen LogP contribution in [0.4, 0.5) is 11.4 Å². The molecule has 0 amide bonds. The second-order valence-electron chi connectivity index (χ2n) is 11.2. The number of anilines is 1. The first-order chi connectivity index (χ1) is 15.9. The second-order valence-corrected chi connectivity index (χ2v) is 11.2. The van der Waals surface area contributed by atoms with Crippen LogP contribution in [0.2, 0.25) is 0 Å². The maximum Gasteiger partial charge on any atom is 0.310 e. The molecule has 2 saturated carbocycles. The van der Waals surface area contributed by atoms with Crippen LogP contribution in [0.15, 0.2) is 24.3 Å². The van der Waals surface area contributed by atoms with E-state index in [0.717, 1.165) is 57.9 Å². The molecule has 180 valence electrons. The standard InChI is InChI=1S/C25H35N3O5/c1-24-7-2-8-25(16-32-25)22(24)13-19-20(23(29)33-21(19)14-24)15-26-9-11-27(12-10-26)17-3-5-18(6-4-17)28(30)31/h3-6,19-22,28,30H,2,7-16H2,1H3/t19-,20+,21+,22+,24+,25-/m0/s1. The van der Waals surface area contributed by atoms with Gasteiger partial charge in [-0.3, -0.25) is 9.69 Å². The minimum Gasteiger partial charge on any atom is -0.595 e. The van der Waals surface area contributed by atoms with E-state index >= 15 is 0 Å². The molecule has 0 radical (unpaired) electrons. The van der Waals surface area contributed by atoms with Crippen LogP contribution in [0, 0.1) is 28.4 Å². The van der Waals surface area contributed by atoms with Gasteiger partial charge >= 0.3 is 5.97 Å². The van der Waals surface area contributed by atoms with Gasteiger partial charge in [0.1, 0.15) is 6.10 Å². The number of carbonyl (C=O) groups excluding carboxylic acids is 1. The van der Waals surface area contributed by atoms with Crippen LogP contribution in [-0.2, 0) is 14.3 Å². The van der Waals surface area contributed by atoms with Crippen molar-refractivity contribution in [3.63, 3.8) is 0 Å². The fourth-order valence-electron chi connectivity index (χ4n) is 7.45. The molecule has 2 aliphatic carbocycles. The smallest absolute Gasteiger partial charge is 0.310 e. The van der Waals surface area contributed by atoms with Gasteiger partial charge < -0.3 is 19.6 Å². The SMILES string of the molecule is C[C@]12CCC[C@]3(CO3)[C@@H]1C[C@@H]1[C@@H](C2)OC(=O)[C@@H]1CN1CCN(c2ccc([NH+]([O-])O)cc2)CC1. The summed E-state index contributed by atoms with van der Waals surface area (Å²) in [5, 5.41) is 19.3. The highest BCUT2D eigenvalue weighted by Crippen LogP contribution is 2.62. The zero-order valence-electron chi connectivity index (χ0n) is 19.4. The molecule has 1 unspecified atom stereocenters. The van der Waals surface area contributed by atoms with Crippen LogP contribution in [0.1, 0.15) is 39.0 Å². The number of hydrogen-bond donors (Lipinski definition) is 2. The number of carbonyl (C=O) groups is 1. The number of rotatable bonds is 4. The lowest BCUT2D eigenvalue weighted by atomic mass is 9.53. The molecule has 3 saturated heterocycles. The average Bonchev–Trinajstić information content (AvgIpc) is 3.51. The second kappa shape index (κ2) is 7.92. The molecule has 1 spiro atoms. The van der Waals surface area contributed by atoms with Crippen LogP contribution in [0.5, 0.6) is 0 Å². The van der Waals surface area contributed by atoms with Gasteiger partial charge in [-0.25, -0.2) is 5.21 Å². The maximum absolute atomic E-state index is 12.9. The van der Waals surface area contributed by atoms with E-state index in [0.29, 0.717) is 17.5 Å². The fraction of sp³-hybridized carbons (Fsp3) is 0.720. The van der Waals surface area contributed by atoms with Crippen molar-refractivity contribution in [3.05, 3.63) is 29.5 Å². The summed E-state index contributed by atoms with van der Waals surface area (Å²) in [4.78, 5) is 17.6. The Morgan fingerprint density at radius 3 is 2.58 bits per heavy atom. The number of fused-ring (bicyclic) bond motifs is 3. The number of hydrogen-bond acceptors (Lipinski definition) is 7. The van der Waals surface area contributed by atoms with Gasteiger partial charge in [0.25, 0.3) is 0 Å². The van der Waals surface area contributed by atoms with Crippen molar-refractivity contribution in [3.8, 4) is 0 Å². The van der Waals surface area contributed by atoms with E-state index in [-0.39, 0.29) is 29.0 Å². The van der Waals surface area contributed by atoms with Crippen molar-refractivity contribution in [2.75, 3.05) is 44.2 Å². The Morgan fingerprint density at radius 2 is 1.91 bits per heavy atom. The largest absolute Gasteiger partial charge is 0.595 e. The topological polar surface area (TPSA) is 93.0 Å². The number of nitrogens with one attached hydrogen (secondary N) is 1. The van der Waals surface area contributed by atoms with Gasteiger partial charge in [0.15, 0.2) is 5.69 Å². The third kappa shape index (κ3) is 3.76. The Bertz CT molecular complexity index is 896. The van der Waals surface area contributed by atoms with Crippen molar-refractivity contribution in [2.45, 2.75) is 50.7 Å². The van der Waals surface area contributed by atoms with Crippen LogP contribution in [0.25, 0.3) is 0 Å². The van der Waals surface area contributed by atoms with Crippen LogP contribution in [0.3, 0.4) is 0 Å². The third-order valence-corrected chi connectivity index (χ3v) is 9.39. The molecule has 3 heterocycles. The van der Waals surface area contributed by atoms with Gasteiger partial charge in [0, 0.05) is 56.5 Å². The monoisotopic (exact) mass is 457 g/mol. The molecule has 2 N–H and O–H groups in total. The lowest BCUT2D eigenvalue weighted by molar-refractivity contribution is -0.991. The summed E-state index contributed by atoms with van der Waals surface area (Å²) in [6.07, 6.45) is 5.77. The lowest BCUT2D eigenvalue weighted by Crippen LogP contribution is -2.99. The molecular weight excluding hydrogens is 422 g/mol. The van der Waals surface area contributed by atoms with E-state index in [1.165, 1.54) is 19.3 Å². The molecule has 3 aliphatic heterocycles. The van der Waals surface area contributed by atoms with Crippen molar-refractivity contribution in [1.82, 2.24) is 4.90 Å². The van der Waals surface area contributed by atoms with Gasteiger partial charge in [0.05, 0.1) is 18.1 Å². The van der Waals surface area contributed by atoms with E-state index in [1.807, 2.05) is 12.1 Å². The lowest BCUT2D eigenvalue weighted by Gasteiger charge is -2.51. The average molecular weight is 458 g/mol. The van der Waals surface area contributed by atoms with Crippen LogP contribution < -0.4 is 10.1 Å². The predicted octanol–water partition coefficient (Wildman–Crippen LogP) is 1.74. The fourth-order valence-corrected chi connectivity index (χ4v) is 7.45. The molecular formula is C25H35N3O5. The number of benzene rings is 1. The van der Waals surface area contributed by atoms with E-state index in [2.05, 4.69) is 16.7 Å². The number of epoxide rings is 1. The van der Waals surface area contributed by atoms with Gasteiger partial charge in [-0.05, 0) is 55.6 Å². The molecule has 33 heavy (non-hydrogen) atoms. The van der Waals surface area contributed by atoms with Gasteiger partial charge in [0.2, 0.25) is 0 Å². The molecule has 5 aliphatic rings. The Labute approximate surface area is 195 Å². The van der Waals surface area contributed by atoms with E-state index in [1.54, 1.807) is 12.1 Å². The van der Waals surface area contributed by atoms with Gasteiger partial charge in [-0.1, -0.05) is 6.92 Å². The molecule has 1 aromatic carbocycles. The number of esters is 1. The summed E-state index contributed by atoms with van der Waals surface area (Å²) in [6.45, 7) is 7.63. The van der Waals surface area contributed by atoms with Crippen LogP contribution >= 0.6 is 0 Å². The minimum absolute atomic E-state index is 0.00435. The summed E-state index contributed by atoms with van der Waals surface area (Å²) in [7, 11) is 0.